The Labute approximate surface area is 206 Å². The number of alkyl halides is 3. The molecule has 0 spiro atoms. The number of ether oxygens (including phenoxy) is 1. The number of carbonyl (C=O) groups excluding carboxylic acids is 1. The van der Waals surface area contributed by atoms with Crippen LogP contribution in [0.3, 0.4) is 0 Å². The summed E-state index contributed by atoms with van der Waals surface area (Å²) in [6.45, 7) is -1.73. The molecule has 0 fully saturated rings. The Morgan fingerprint density at radius 2 is 1.89 bits per heavy atom. The fourth-order valence-corrected chi connectivity index (χ4v) is 5.93. The molecule has 2 aromatic heterocycles. The van der Waals surface area contributed by atoms with Gasteiger partial charge in [0, 0.05) is 12.7 Å². The first-order valence-electron chi connectivity index (χ1n) is 9.77. The van der Waals surface area contributed by atoms with Crippen molar-refractivity contribution in [3.63, 3.8) is 0 Å². The van der Waals surface area contributed by atoms with Gasteiger partial charge in [-0.05, 0) is 34.5 Å². The van der Waals surface area contributed by atoms with Gasteiger partial charge < -0.3 is 16.2 Å². The molecule has 0 aliphatic carbocycles. The Morgan fingerprint density at radius 3 is 2.43 bits per heavy atom. The predicted molar refractivity (Wildman–Crippen MR) is 119 cm³/mol. The molecule has 15 nitrogen and oxygen atoms in total. The van der Waals surface area contributed by atoms with E-state index in [1.165, 1.54) is 24.4 Å². The lowest BCUT2D eigenvalue weighted by Gasteiger charge is -2.20. The number of primary sulfonamides is 1. The number of halogens is 3. The van der Waals surface area contributed by atoms with Gasteiger partial charge >= 0.3 is 12.1 Å². The normalized spacial score (nSPS) is 13.3. The molecule has 0 saturated carbocycles. The topological polar surface area (TPSA) is 252 Å². The van der Waals surface area contributed by atoms with Gasteiger partial charge in [-0.3, -0.25) is 0 Å². The van der Waals surface area contributed by atoms with Gasteiger partial charge in [-0.2, -0.15) is 18.4 Å². The number of sulfonamides is 2. The molecular weight excluding hydrogens is 547 g/mol. The molecule has 2 heterocycles. The molecule has 3 aromatic rings. The molecule has 0 bridgehead atoms. The number of esters is 1. The van der Waals surface area contributed by atoms with Crippen LogP contribution in [0.5, 0.6) is 0 Å². The van der Waals surface area contributed by atoms with Crippen molar-refractivity contribution in [1.82, 2.24) is 30.3 Å². The van der Waals surface area contributed by atoms with Crippen LogP contribution in [0.15, 0.2) is 40.3 Å². The molecular formula is C17H18F3N9O6S2. The number of benzene rings is 1. The Kier molecular flexibility index (Phi) is 7.78. The molecule has 1 atom stereocenters. The molecule has 3 rings (SSSR count). The smallest absolute Gasteiger partial charge is 0.457 e. The Hall–Kier alpha value is -3.72. The summed E-state index contributed by atoms with van der Waals surface area (Å²) in [5.41, 5.74) is 11.1. The highest BCUT2D eigenvalue weighted by molar-refractivity contribution is 7.92. The first kappa shape index (κ1) is 27.9. The van der Waals surface area contributed by atoms with Gasteiger partial charge in [-0.15, -0.1) is 10.2 Å². The van der Waals surface area contributed by atoms with Crippen LogP contribution in [0, 0.1) is 0 Å². The number of anilines is 1. The quantitative estimate of drug-likeness (QED) is 0.193. The second-order valence-corrected chi connectivity index (χ2v) is 10.4. The van der Waals surface area contributed by atoms with E-state index in [0.29, 0.717) is 0 Å². The second-order valence-electron chi connectivity index (χ2n) is 7.22. The van der Waals surface area contributed by atoms with Crippen molar-refractivity contribution in [2.24, 2.45) is 10.9 Å². The SMILES string of the molecule is NC[C@H](COC(=O)C(F)(F)F)NS(=O)(=O)c1ccc(-c2ccnc(N)c2)c(-c2nn[nH]n2)c1S(N)(=O)=O. The number of carbonyl (C=O) groups is 1. The minimum atomic E-state index is -5.33. The summed E-state index contributed by atoms with van der Waals surface area (Å²) in [6, 6.07) is 3.31. The van der Waals surface area contributed by atoms with E-state index in [9.17, 15) is 34.8 Å². The van der Waals surface area contributed by atoms with E-state index < -0.39 is 61.2 Å². The summed E-state index contributed by atoms with van der Waals surface area (Å²) in [4.78, 5) is 12.9. The maximum Gasteiger partial charge on any atom is 0.490 e. The molecule has 0 aliphatic heterocycles. The van der Waals surface area contributed by atoms with Crippen molar-refractivity contribution in [2.45, 2.75) is 22.0 Å². The fraction of sp³-hybridized carbons (Fsp3) is 0.235. The summed E-state index contributed by atoms with van der Waals surface area (Å²) in [7, 11) is -9.73. The number of hydrogen-bond acceptors (Lipinski definition) is 12. The Morgan fingerprint density at radius 1 is 1.19 bits per heavy atom. The highest BCUT2D eigenvalue weighted by Gasteiger charge is 2.41. The average Bonchev–Trinajstić information content (AvgIpc) is 3.34. The number of hydrogen-bond donors (Lipinski definition) is 5. The minimum absolute atomic E-state index is 0.0475. The summed E-state index contributed by atoms with van der Waals surface area (Å²) in [5.74, 6) is -2.89. The second kappa shape index (κ2) is 10.3. The van der Waals surface area contributed by atoms with Crippen LogP contribution in [-0.4, -0.2) is 73.8 Å². The predicted octanol–water partition coefficient (Wildman–Crippen LogP) is -1.13. The molecule has 0 unspecified atom stereocenters. The van der Waals surface area contributed by atoms with Crippen molar-refractivity contribution < 1.29 is 39.5 Å². The number of nitrogens with two attached hydrogens (primary N) is 3. The van der Waals surface area contributed by atoms with Gasteiger partial charge in [0.2, 0.25) is 25.9 Å². The van der Waals surface area contributed by atoms with E-state index in [-0.39, 0.29) is 28.3 Å². The van der Waals surface area contributed by atoms with E-state index in [4.69, 9.17) is 16.6 Å². The number of pyridine rings is 1. The third kappa shape index (κ3) is 6.35. The standard InChI is InChI=1S/C17H18F3N9O6S2/c18-17(19,20)16(30)35-7-9(6-21)27-37(33,34)11-2-1-10(8-3-4-24-12(22)5-8)13(14(11)36(23,31)32)15-25-28-29-26-15/h1-5,9,27H,6-7,21H2,(H2,22,24)(H2,23,31,32)(H,25,26,28,29)/t9-/m1/s1. The summed E-state index contributed by atoms with van der Waals surface area (Å²) in [6.07, 6.45) is -4.02. The van der Waals surface area contributed by atoms with Crippen LogP contribution in [0.1, 0.15) is 0 Å². The molecule has 0 amide bonds. The van der Waals surface area contributed by atoms with Crippen LogP contribution in [0.2, 0.25) is 0 Å². The first-order chi connectivity index (χ1) is 17.1. The third-order valence-electron chi connectivity index (χ3n) is 4.61. The van der Waals surface area contributed by atoms with Crippen molar-refractivity contribution >= 4 is 31.8 Å². The zero-order valence-corrected chi connectivity index (χ0v) is 19.9. The van der Waals surface area contributed by atoms with Crippen molar-refractivity contribution in [2.75, 3.05) is 18.9 Å². The van der Waals surface area contributed by atoms with Gasteiger partial charge in [0.05, 0.1) is 11.6 Å². The highest BCUT2D eigenvalue weighted by atomic mass is 32.2. The largest absolute Gasteiger partial charge is 0.490 e. The molecule has 37 heavy (non-hydrogen) atoms. The number of H-pyrrole nitrogens is 1. The van der Waals surface area contributed by atoms with E-state index >= 15 is 0 Å². The van der Waals surface area contributed by atoms with Crippen LogP contribution in [0.25, 0.3) is 22.5 Å². The summed E-state index contributed by atoms with van der Waals surface area (Å²) in [5, 5.41) is 18.3. The molecule has 200 valence electrons. The molecule has 8 N–H and O–H groups in total. The Balaban J connectivity index is 2.17. The van der Waals surface area contributed by atoms with E-state index in [1.54, 1.807) is 0 Å². The number of nitrogens with zero attached hydrogens (tertiary/aromatic N) is 4. The summed E-state index contributed by atoms with van der Waals surface area (Å²) < 4.78 is 95.0. The maximum absolute atomic E-state index is 13.2. The summed E-state index contributed by atoms with van der Waals surface area (Å²) >= 11 is 0. The van der Waals surface area contributed by atoms with Gasteiger partial charge in [0.15, 0.2) is 0 Å². The maximum atomic E-state index is 13.2. The minimum Gasteiger partial charge on any atom is -0.457 e. The van der Waals surface area contributed by atoms with Gasteiger partial charge in [0.25, 0.3) is 0 Å². The zero-order valence-electron chi connectivity index (χ0n) is 18.3. The number of aromatic nitrogens is 5. The fourth-order valence-electron chi connectivity index (χ4n) is 3.09. The van der Waals surface area contributed by atoms with Gasteiger partial charge in [0.1, 0.15) is 22.2 Å². The van der Waals surface area contributed by atoms with Gasteiger partial charge in [-0.1, -0.05) is 6.07 Å². The highest BCUT2D eigenvalue weighted by Crippen LogP contribution is 2.38. The molecule has 0 radical (unpaired) electrons. The molecule has 1 aromatic carbocycles. The number of aromatic amines is 1. The number of nitrogens with one attached hydrogen (secondary N) is 2. The average molecular weight is 566 g/mol. The number of rotatable bonds is 9. The number of nitrogen functional groups attached to an aromatic ring is 1. The van der Waals surface area contributed by atoms with Crippen LogP contribution in [-0.2, 0) is 29.6 Å². The van der Waals surface area contributed by atoms with Crippen molar-refractivity contribution in [3.8, 4) is 22.5 Å². The Bertz CT molecular complexity index is 1510. The van der Waals surface area contributed by atoms with E-state index in [2.05, 4.69) is 30.3 Å². The van der Waals surface area contributed by atoms with Gasteiger partial charge in [-0.25, -0.2) is 36.5 Å². The third-order valence-corrected chi connectivity index (χ3v) is 7.30. The van der Waals surface area contributed by atoms with Crippen LogP contribution in [0.4, 0.5) is 19.0 Å². The van der Waals surface area contributed by atoms with Crippen molar-refractivity contribution in [1.29, 1.82) is 0 Å². The van der Waals surface area contributed by atoms with E-state index in [0.717, 1.165) is 6.07 Å². The molecule has 0 saturated heterocycles. The van der Waals surface area contributed by atoms with Crippen LogP contribution < -0.4 is 21.3 Å². The molecule has 0 aliphatic rings. The lowest BCUT2D eigenvalue weighted by molar-refractivity contribution is -0.200. The zero-order chi connectivity index (χ0) is 27.6. The van der Waals surface area contributed by atoms with Crippen LogP contribution >= 0.6 is 0 Å². The lowest BCUT2D eigenvalue weighted by Crippen LogP contribution is -2.45. The number of tetrazole rings is 1. The monoisotopic (exact) mass is 565 g/mol. The van der Waals surface area contributed by atoms with Crippen molar-refractivity contribution in [3.05, 3.63) is 30.5 Å². The lowest BCUT2D eigenvalue weighted by atomic mass is 10.00. The molecule has 20 heteroatoms. The van der Waals surface area contributed by atoms with E-state index in [1.807, 2.05) is 4.72 Å². The first-order valence-corrected chi connectivity index (χ1v) is 12.8.